The molecular formula is C19H27N3O4. The summed E-state index contributed by atoms with van der Waals surface area (Å²) in [5, 5.41) is 14.8. The number of carboxylic acids is 1. The maximum atomic E-state index is 12.5. The van der Waals surface area contributed by atoms with E-state index in [1.807, 2.05) is 25.1 Å². The summed E-state index contributed by atoms with van der Waals surface area (Å²) in [7, 11) is 0. The minimum Gasteiger partial charge on any atom is -0.480 e. The lowest BCUT2D eigenvalue weighted by atomic mass is 9.94. The Labute approximate surface area is 153 Å². The van der Waals surface area contributed by atoms with Crippen LogP contribution >= 0.6 is 0 Å². The van der Waals surface area contributed by atoms with Crippen molar-refractivity contribution in [3.8, 4) is 0 Å². The molecule has 1 aliphatic heterocycles. The number of nitrogens with zero attached hydrogens (tertiary/aromatic N) is 1. The molecule has 0 radical (unpaired) electrons. The number of carbonyl (C=O) groups excluding carboxylic acids is 2. The van der Waals surface area contributed by atoms with Crippen LogP contribution in [0.1, 0.15) is 33.1 Å². The number of carbonyl (C=O) groups is 3. The molecule has 0 spiro atoms. The number of carboxylic acid groups (broad SMARTS) is 1. The highest BCUT2D eigenvalue weighted by Crippen LogP contribution is 2.19. The summed E-state index contributed by atoms with van der Waals surface area (Å²) in [6.45, 7) is 4.57. The van der Waals surface area contributed by atoms with Gasteiger partial charge in [-0.05, 0) is 30.9 Å². The van der Waals surface area contributed by atoms with Crippen molar-refractivity contribution in [1.82, 2.24) is 10.2 Å². The fourth-order valence-electron chi connectivity index (χ4n) is 3.05. The second kappa shape index (κ2) is 9.22. The van der Waals surface area contributed by atoms with E-state index in [1.54, 1.807) is 24.0 Å². The molecule has 1 unspecified atom stereocenters. The topological polar surface area (TPSA) is 98.7 Å². The van der Waals surface area contributed by atoms with E-state index in [0.29, 0.717) is 31.5 Å². The average molecular weight is 361 g/mol. The van der Waals surface area contributed by atoms with Crippen LogP contribution in [0.15, 0.2) is 30.3 Å². The maximum absolute atomic E-state index is 12.5. The zero-order chi connectivity index (χ0) is 19.1. The SMILES string of the molecule is CC[C@H](C)[C@H](NC(=O)C1CCCN(C(=O)Nc2ccccc2)C1)C(=O)O. The van der Waals surface area contributed by atoms with Crippen molar-refractivity contribution in [3.63, 3.8) is 0 Å². The van der Waals surface area contributed by atoms with Crippen LogP contribution < -0.4 is 10.6 Å². The Hall–Kier alpha value is -2.57. The molecule has 3 amide bonds. The van der Waals surface area contributed by atoms with Crippen molar-refractivity contribution >= 4 is 23.6 Å². The molecule has 0 bridgehead atoms. The minimum absolute atomic E-state index is 0.155. The summed E-state index contributed by atoms with van der Waals surface area (Å²) in [6, 6.07) is 8.00. The summed E-state index contributed by atoms with van der Waals surface area (Å²) in [6.07, 6.45) is 2.02. The van der Waals surface area contributed by atoms with Crippen LogP contribution in [0.25, 0.3) is 0 Å². The van der Waals surface area contributed by atoms with E-state index >= 15 is 0 Å². The predicted octanol–water partition coefficient (Wildman–Crippen LogP) is 2.55. The van der Waals surface area contributed by atoms with E-state index in [1.165, 1.54) is 0 Å². The molecule has 142 valence electrons. The number of nitrogens with one attached hydrogen (secondary N) is 2. The third-order valence-electron chi connectivity index (χ3n) is 4.88. The van der Waals surface area contributed by atoms with Gasteiger partial charge in [0.15, 0.2) is 0 Å². The van der Waals surface area contributed by atoms with E-state index in [9.17, 15) is 19.5 Å². The summed E-state index contributed by atoms with van der Waals surface area (Å²) >= 11 is 0. The van der Waals surface area contributed by atoms with E-state index in [-0.39, 0.29) is 24.4 Å². The Morgan fingerprint density at radius 2 is 1.96 bits per heavy atom. The first-order valence-electron chi connectivity index (χ1n) is 9.06. The van der Waals surface area contributed by atoms with Gasteiger partial charge in [0.1, 0.15) is 6.04 Å². The molecule has 1 fully saturated rings. The van der Waals surface area contributed by atoms with Crippen molar-refractivity contribution in [2.24, 2.45) is 11.8 Å². The van der Waals surface area contributed by atoms with Gasteiger partial charge in [-0.25, -0.2) is 9.59 Å². The first kappa shape index (κ1) is 19.8. The number of rotatable bonds is 6. The average Bonchev–Trinajstić information content (AvgIpc) is 2.66. The van der Waals surface area contributed by atoms with Gasteiger partial charge in [0.05, 0.1) is 5.92 Å². The Balaban J connectivity index is 1.95. The summed E-state index contributed by atoms with van der Waals surface area (Å²) < 4.78 is 0. The van der Waals surface area contributed by atoms with E-state index in [0.717, 1.165) is 0 Å². The van der Waals surface area contributed by atoms with Crippen molar-refractivity contribution in [3.05, 3.63) is 30.3 Å². The highest BCUT2D eigenvalue weighted by molar-refractivity contribution is 5.90. The van der Waals surface area contributed by atoms with Gasteiger partial charge in [-0.15, -0.1) is 0 Å². The Morgan fingerprint density at radius 3 is 2.58 bits per heavy atom. The lowest BCUT2D eigenvalue weighted by Crippen LogP contribution is -2.51. The fourth-order valence-corrected chi connectivity index (χ4v) is 3.05. The lowest BCUT2D eigenvalue weighted by Gasteiger charge is -2.33. The fraction of sp³-hybridized carbons (Fsp3) is 0.526. The molecule has 26 heavy (non-hydrogen) atoms. The van der Waals surface area contributed by atoms with Gasteiger partial charge in [0, 0.05) is 18.8 Å². The van der Waals surface area contributed by atoms with E-state index in [4.69, 9.17) is 0 Å². The molecule has 1 heterocycles. The number of hydrogen-bond acceptors (Lipinski definition) is 3. The molecule has 0 saturated carbocycles. The molecule has 7 heteroatoms. The lowest BCUT2D eigenvalue weighted by molar-refractivity contribution is -0.144. The second-order valence-corrected chi connectivity index (χ2v) is 6.79. The molecule has 0 aromatic heterocycles. The molecule has 3 N–H and O–H groups in total. The van der Waals surface area contributed by atoms with Crippen molar-refractivity contribution in [2.75, 3.05) is 18.4 Å². The highest BCUT2D eigenvalue weighted by Gasteiger charge is 2.32. The quantitative estimate of drug-likeness (QED) is 0.725. The van der Waals surface area contributed by atoms with Crippen LogP contribution in [0.3, 0.4) is 0 Å². The Kier molecular flexibility index (Phi) is 7.00. The van der Waals surface area contributed by atoms with Gasteiger partial charge in [-0.2, -0.15) is 0 Å². The van der Waals surface area contributed by atoms with Crippen molar-refractivity contribution in [2.45, 2.75) is 39.2 Å². The third-order valence-corrected chi connectivity index (χ3v) is 4.88. The summed E-state index contributed by atoms with van der Waals surface area (Å²) in [4.78, 5) is 38.0. The monoisotopic (exact) mass is 361 g/mol. The van der Waals surface area contributed by atoms with Gasteiger partial charge < -0.3 is 20.6 Å². The Morgan fingerprint density at radius 1 is 1.27 bits per heavy atom. The number of amides is 3. The molecule has 2 rings (SSSR count). The van der Waals surface area contributed by atoms with Crippen LogP contribution in [0.2, 0.25) is 0 Å². The van der Waals surface area contributed by atoms with Gasteiger partial charge in [-0.1, -0.05) is 38.5 Å². The number of para-hydroxylation sites is 1. The standard InChI is InChI=1S/C19H27N3O4/c1-3-13(2)16(18(24)25)21-17(23)14-8-7-11-22(12-14)19(26)20-15-9-5-4-6-10-15/h4-6,9-10,13-14,16H,3,7-8,11-12H2,1-2H3,(H,20,26)(H,21,23)(H,24,25)/t13-,14?,16-/m0/s1. The number of benzene rings is 1. The normalized spacial score (nSPS) is 19.3. The van der Waals surface area contributed by atoms with Crippen LogP contribution in [0.5, 0.6) is 0 Å². The summed E-state index contributed by atoms with van der Waals surface area (Å²) in [5.74, 6) is -1.87. The van der Waals surface area contributed by atoms with Gasteiger partial charge >= 0.3 is 12.0 Å². The zero-order valence-electron chi connectivity index (χ0n) is 15.3. The molecule has 3 atom stereocenters. The molecule has 1 aromatic rings. The number of anilines is 1. The zero-order valence-corrected chi connectivity index (χ0v) is 15.3. The summed E-state index contributed by atoms with van der Waals surface area (Å²) in [5.41, 5.74) is 0.701. The maximum Gasteiger partial charge on any atom is 0.326 e. The molecule has 1 aliphatic rings. The molecular weight excluding hydrogens is 334 g/mol. The van der Waals surface area contributed by atoms with E-state index < -0.39 is 17.9 Å². The molecule has 1 saturated heterocycles. The number of piperidine rings is 1. The third kappa shape index (κ3) is 5.21. The smallest absolute Gasteiger partial charge is 0.326 e. The number of urea groups is 1. The Bertz CT molecular complexity index is 635. The van der Waals surface area contributed by atoms with E-state index in [2.05, 4.69) is 10.6 Å². The van der Waals surface area contributed by atoms with Crippen LogP contribution in [-0.2, 0) is 9.59 Å². The number of hydrogen-bond donors (Lipinski definition) is 3. The second-order valence-electron chi connectivity index (χ2n) is 6.79. The van der Waals surface area contributed by atoms with Gasteiger partial charge in [-0.3, -0.25) is 4.79 Å². The highest BCUT2D eigenvalue weighted by atomic mass is 16.4. The number of likely N-dealkylation sites (tertiary alicyclic amines) is 1. The van der Waals surface area contributed by atoms with Crippen LogP contribution in [0, 0.1) is 11.8 Å². The van der Waals surface area contributed by atoms with Crippen molar-refractivity contribution < 1.29 is 19.5 Å². The first-order chi connectivity index (χ1) is 12.4. The van der Waals surface area contributed by atoms with Crippen molar-refractivity contribution in [1.29, 1.82) is 0 Å². The number of aliphatic carboxylic acids is 1. The van der Waals surface area contributed by atoms with Gasteiger partial charge in [0.25, 0.3) is 0 Å². The molecule has 1 aromatic carbocycles. The van der Waals surface area contributed by atoms with Crippen LogP contribution in [0.4, 0.5) is 10.5 Å². The van der Waals surface area contributed by atoms with Gasteiger partial charge in [0.2, 0.25) is 5.91 Å². The largest absolute Gasteiger partial charge is 0.480 e. The van der Waals surface area contributed by atoms with Crippen LogP contribution in [-0.4, -0.2) is 47.0 Å². The first-order valence-corrected chi connectivity index (χ1v) is 9.06. The minimum atomic E-state index is -1.03. The predicted molar refractivity (Wildman–Crippen MR) is 98.8 cm³/mol. The molecule has 7 nitrogen and oxygen atoms in total. The molecule has 0 aliphatic carbocycles.